The number of hydrogen-bond donors (Lipinski definition) is 1. The predicted molar refractivity (Wildman–Crippen MR) is 110 cm³/mol. The van der Waals surface area contributed by atoms with Gasteiger partial charge in [0.2, 0.25) is 0 Å². The van der Waals surface area contributed by atoms with Crippen LogP contribution in [0.1, 0.15) is 23.3 Å². The van der Waals surface area contributed by atoms with Crippen LogP contribution in [0.15, 0.2) is 39.5 Å². The molecular weight excluding hydrogens is 403 g/mol. The molecule has 0 saturated heterocycles. The fraction of sp³-hybridized carbons (Fsp3) is 0.200. The Balaban J connectivity index is 1.61. The molecule has 0 saturated carbocycles. The summed E-state index contributed by atoms with van der Waals surface area (Å²) in [5, 5.41) is 1.86. The zero-order valence-electron chi connectivity index (χ0n) is 14.1. The van der Waals surface area contributed by atoms with Gasteiger partial charge in [-0.2, -0.15) is 0 Å². The van der Waals surface area contributed by atoms with Crippen LogP contribution < -0.4 is 5.56 Å². The van der Waals surface area contributed by atoms with Crippen molar-refractivity contribution in [2.45, 2.75) is 25.7 Å². The molecule has 0 bridgehead atoms. The highest BCUT2D eigenvalue weighted by molar-refractivity contribution is 7.18. The van der Waals surface area contributed by atoms with Crippen LogP contribution >= 0.6 is 34.5 Å². The van der Waals surface area contributed by atoms with Crippen LogP contribution in [-0.4, -0.2) is 9.97 Å². The van der Waals surface area contributed by atoms with E-state index < -0.39 is 0 Å². The summed E-state index contributed by atoms with van der Waals surface area (Å²) in [6.45, 7) is 0. The lowest BCUT2D eigenvalue weighted by Gasteiger charge is -2.09. The fourth-order valence-corrected chi connectivity index (χ4v) is 5.22. The van der Waals surface area contributed by atoms with Crippen molar-refractivity contribution in [1.82, 2.24) is 9.97 Å². The Hall–Kier alpha value is -2.08. The summed E-state index contributed by atoms with van der Waals surface area (Å²) in [4.78, 5) is 22.3. The number of rotatable bonds is 2. The second-order valence-corrected chi connectivity index (χ2v) is 8.52. The Morgan fingerprint density at radius 2 is 1.89 bits per heavy atom. The average molecular weight is 417 g/mol. The third-order valence-electron chi connectivity index (χ3n) is 4.86. The normalized spacial score (nSPS) is 13.9. The van der Waals surface area contributed by atoms with Crippen molar-refractivity contribution in [2.24, 2.45) is 0 Å². The van der Waals surface area contributed by atoms with Crippen molar-refractivity contribution in [3.05, 3.63) is 61.2 Å². The molecule has 0 fully saturated rings. The third kappa shape index (κ3) is 2.90. The maximum absolute atomic E-state index is 12.7. The van der Waals surface area contributed by atoms with Gasteiger partial charge in [-0.3, -0.25) is 4.79 Å². The lowest BCUT2D eigenvalue weighted by molar-refractivity contribution is 0.592. The van der Waals surface area contributed by atoms with Gasteiger partial charge in [-0.05, 0) is 61.6 Å². The van der Waals surface area contributed by atoms with Crippen molar-refractivity contribution in [1.29, 1.82) is 0 Å². The number of benzene rings is 1. The molecule has 0 amide bonds. The van der Waals surface area contributed by atoms with Gasteiger partial charge < -0.3 is 9.40 Å². The number of halogens is 2. The zero-order chi connectivity index (χ0) is 18.5. The first-order chi connectivity index (χ1) is 13.1. The van der Waals surface area contributed by atoms with Gasteiger partial charge in [-0.1, -0.05) is 23.2 Å². The molecule has 3 aromatic heterocycles. The molecule has 1 aliphatic rings. The van der Waals surface area contributed by atoms with Crippen LogP contribution in [-0.2, 0) is 12.8 Å². The Morgan fingerprint density at radius 1 is 1.07 bits per heavy atom. The fourth-order valence-electron chi connectivity index (χ4n) is 3.58. The molecule has 0 atom stereocenters. The zero-order valence-corrected chi connectivity index (χ0v) is 16.5. The molecule has 0 radical (unpaired) electrons. The van der Waals surface area contributed by atoms with Crippen LogP contribution in [0.4, 0.5) is 0 Å². The number of nitrogens with one attached hydrogen (secondary N) is 1. The lowest BCUT2D eigenvalue weighted by Crippen LogP contribution is -2.11. The van der Waals surface area contributed by atoms with Gasteiger partial charge in [0.05, 0.1) is 10.4 Å². The van der Waals surface area contributed by atoms with E-state index in [1.54, 1.807) is 41.7 Å². The van der Waals surface area contributed by atoms with Gasteiger partial charge in [0.15, 0.2) is 11.6 Å². The average Bonchev–Trinajstić information content (AvgIpc) is 3.28. The van der Waals surface area contributed by atoms with E-state index in [2.05, 4.69) is 9.97 Å². The predicted octanol–water partition coefficient (Wildman–Crippen LogP) is 6.10. The highest BCUT2D eigenvalue weighted by atomic mass is 35.5. The summed E-state index contributed by atoms with van der Waals surface area (Å²) in [5.41, 5.74) is 1.77. The molecule has 0 aliphatic heterocycles. The molecule has 1 aliphatic carbocycles. The van der Waals surface area contributed by atoms with Gasteiger partial charge in [-0.15, -0.1) is 11.3 Å². The largest absolute Gasteiger partial charge is 0.453 e. The van der Waals surface area contributed by atoms with Crippen molar-refractivity contribution < 1.29 is 4.42 Å². The molecule has 0 unspecified atom stereocenters. The van der Waals surface area contributed by atoms with Gasteiger partial charge in [0.1, 0.15) is 10.6 Å². The van der Waals surface area contributed by atoms with Gasteiger partial charge in [-0.25, -0.2) is 4.98 Å². The Morgan fingerprint density at radius 3 is 2.78 bits per heavy atom. The van der Waals surface area contributed by atoms with Crippen LogP contribution in [0.5, 0.6) is 0 Å². The highest BCUT2D eigenvalue weighted by Crippen LogP contribution is 2.36. The number of furan rings is 1. The number of nitrogens with zero attached hydrogens (tertiary/aromatic N) is 1. The summed E-state index contributed by atoms with van der Waals surface area (Å²) >= 11 is 13.9. The number of thiophene rings is 1. The standard InChI is InChI=1S/C20H14Cl2N2O2S/c21-10-5-6-13(22)12(9-10)14-7-8-15(26-14)18-23-19(25)17-11-3-1-2-4-16(11)27-20(17)24-18/h5-9H,1-4H2,(H,23,24,25). The molecule has 27 heavy (non-hydrogen) atoms. The first kappa shape index (κ1) is 17.0. The molecule has 1 aromatic carbocycles. The minimum atomic E-state index is -0.104. The lowest BCUT2D eigenvalue weighted by atomic mass is 9.97. The Kier molecular flexibility index (Phi) is 4.11. The number of fused-ring (bicyclic) bond motifs is 3. The molecule has 7 heteroatoms. The van der Waals surface area contributed by atoms with Crippen LogP contribution in [0.2, 0.25) is 10.0 Å². The van der Waals surface area contributed by atoms with E-state index in [-0.39, 0.29) is 5.56 Å². The Labute approximate surface area is 168 Å². The summed E-state index contributed by atoms with van der Waals surface area (Å²) in [7, 11) is 0. The summed E-state index contributed by atoms with van der Waals surface area (Å²) < 4.78 is 5.93. The minimum absolute atomic E-state index is 0.104. The van der Waals surface area contributed by atoms with Crippen molar-refractivity contribution in [3.8, 4) is 22.9 Å². The maximum Gasteiger partial charge on any atom is 0.260 e. The third-order valence-corrected chi connectivity index (χ3v) is 6.61. The monoisotopic (exact) mass is 416 g/mol. The van der Waals surface area contributed by atoms with Gasteiger partial charge in [0, 0.05) is 15.5 Å². The van der Waals surface area contributed by atoms with Crippen LogP contribution in [0, 0.1) is 0 Å². The number of aromatic nitrogens is 2. The summed E-state index contributed by atoms with van der Waals surface area (Å²) in [6, 6.07) is 8.78. The highest BCUT2D eigenvalue weighted by Gasteiger charge is 2.21. The summed E-state index contributed by atoms with van der Waals surface area (Å²) in [5.74, 6) is 1.49. The number of hydrogen-bond acceptors (Lipinski definition) is 4. The van der Waals surface area contributed by atoms with E-state index in [1.807, 2.05) is 0 Å². The molecule has 4 aromatic rings. The van der Waals surface area contributed by atoms with Gasteiger partial charge in [0.25, 0.3) is 5.56 Å². The number of aromatic amines is 1. The van der Waals surface area contributed by atoms with E-state index in [9.17, 15) is 4.79 Å². The quantitative estimate of drug-likeness (QED) is 0.429. The molecule has 1 N–H and O–H groups in total. The van der Waals surface area contributed by atoms with Crippen LogP contribution in [0.3, 0.4) is 0 Å². The van der Waals surface area contributed by atoms with E-state index in [4.69, 9.17) is 27.6 Å². The second-order valence-electron chi connectivity index (χ2n) is 6.59. The van der Waals surface area contributed by atoms with Crippen molar-refractivity contribution in [2.75, 3.05) is 0 Å². The SMILES string of the molecule is O=c1[nH]c(-c2ccc(-c3cc(Cl)ccc3Cl)o2)nc2sc3c(c12)CCCC3. The van der Waals surface area contributed by atoms with Gasteiger partial charge >= 0.3 is 0 Å². The molecule has 4 nitrogen and oxygen atoms in total. The van der Waals surface area contributed by atoms with E-state index in [0.717, 1.165) is 29.5 Å². The molecule has 5 rings (SSSR count). The smallest absolute Gasteiger partial charge is 0.260 e. The molecular formula is C20H14Cl2N2O2S. The van der Waals surface area contributed by atoms with Crippen LogP contribution in [0.25, 0.3) is 33.1 Å². The van der Waals surface area contributed by atoms with E-state index in [0.29, 0.717) is 33.0 Å². The summed E-state index contributed by atoms with van der Waals surface area (Å²) in [6.07, 6.45) is 4.29. The molecule has 3 heterocycles. The topological polar surface area (TPSA) is 58.9 Å². The maximum atomic E-state index is 12.7. The minimum Gasteiger partial charge on any atom is -0.453 e. The van der Waals surface area contributed by atoms with E-state index >= 15 is 0 Å². The van der Waals surface area contributed by atoms with E-state index in [1.165, 1.54) is 16.9 Å². The number of H-pyrrole nitrogens is 1. The van der Waals surface area contributed by atoms with Crippen molar-refractivity contribution >= 4 is 44.8 Å². The molecule has 0 spiro atoms. The number of aryl methyl sites for hydroxylation is 2. The first-order valence-electron chi connectivity index (χ1n) is 8.70. The molecule has 136 valence electrons. The van der Waals surface area contributed by atoms with Crippen molar-refractivity contribution in [3.63, 3.8) is 0 Å². The Bertz CT molecular complexity index is 1240. The second kappa shape index (κ2) is 6.51. The first-order valence-corrected chi connectivity index (χ1v) is 10.3.